The van der Waals surface area contributed by atoms with Crippen LogP contribution in [0.4, 0.5) is 5.69 Å². The van der Waals surface area contributed by atoms with E-state index in [0.717, 1.165) is 11.9 Å². The Morgan fingerprint density at radius 3 is 2.75 bits per heavy atom. The Hall–Kier alpha value is -3.45. The minimum absolute atomic E-state index is 0.0510. The van der Waals surface area contributed by atoms with Crippen molar-refractivity contribution in [2.24, 2.45) is 23.2 Å². The van der Waals surface area contributed by atoms with Crippen molar-refractivity contribution in [2.75, 3.05) is 25.6 Å². The molecular formula is C29H32N4O3. The Bertz CT molecular complexity index is 1330. The molecular weight excluding hydrogens is 452 g/mol. The molecule has 1 spiro atoms. The van der Waals surface area contributed by atoms with Gasteiger partial charge in [0, 0.05) is 25.9 Å². The molecule has 2 fully saturated rings. The number of aryl methyl sites for hydroxylation is 2. The van der Waals surface area contributed by atoms with Gasteiger partial charge in [-0.25, -0.2) is 4.98 Å². The van der Waals surface area contributed by atoms with Gasteiger partial charge >= 0.3 is 0 Å². The van der Waals surface area contributed by atoms with Crippen LogP contribution in [-0.2, 0) is 22.5 Å². The van der Waals surface area contributed by atoms with Crippen LogP contribution in [0.5, 0.6) is 0 Å². The number of rotatable bonds is 9. The van der Waals surface area contributed by atoms with E-state index < -0.39 is 0 Å². The monoisotopic (exact) mass is 484 g/mol. The number of carbonyl (C=O) groups excluding carboxylic acids is 2. The van der Waals surface area contributed by atoms with Crippen molar-refractivity contribution < 1.29 is 14.3 Å². The van der Waals surface area contributed by atoms with Crippen molar-refractivity contribution in [1.82, 2.24) is 14.9 Å². The van der Waals surface area contributed by atoms with Gasteiger partial charge < -0.3 is 19.9 Å². The zero-order valence-electron chi connectivity index (χ0n) is 20.6. The van der Waals surface area contributed by atoms with Crippen LogP contribution in [0.15, 0.2) is 60.9 Å². The van der Waals surface area contributed by atoms with E-state index in [1.165, 1.54) is 31.9 Å². The van der Waals surface area contributed by atoms with Gasteiger partial charge in [0.1, 0.15) is 6.61 Å². The summed E-state index contributed by atoms with van der Waals surface area (Å²) in [4.78, 5) is 30.3. The fourth-order valence-electron chi connectivity index (χ4n) is 6.52. The standard InChI is InChI=1S/C29H32N4O3/c1-36-17-26(34)32-22-14-23(28(35)30-16-20-13-21-7-8-24(20)29(21)10-11-29)27-25(15-22)31-18-33(27)12-9-19-5-3-2-4-6-19/h2-8,14-15,18,20-21,24H,9-13,16-17H2,1H3,(H,30,35)(H,32,34). The molecule has 2 saturated carbocycles. The van der Waals surface area contributed by atoms with Gasteiger partial charge in [0.05, 0.1) is 22.9 Å². The van der Waals surface area contributed by atoms with Crippen LogP contribution in [0.25, 0.3) is 11.0 Å². The molecule has 2 N–H and O–H groups in total. The molecule has 3 aliphatic carbocycles. The molecule has 7 heteroatoms. The molecule has 3 unspecified atom stereocenters. The highest BCUT2D eigenvalue weighted by Crippen LogP contribution is 2.69. The molecule has 3 aromatic rings. The minimum atomic E-state index is -0.268. The summed E-state index contributed by atoms with van der Waals surface area (Å²) in [5.41, 5.74) is 4.29. The number of methoxy groups -OCH3 is 1. The maximum atomic E-state index is 13.6. The minimum Gasteiger partial charge on any atom is -0.375 e. The number of hydrogen-bond acceptors (Lipinski definition) is 4. The average molecular weight is 485 g/mol. The predicted octanol–water partition coefficient (Wildman–Crippen LogP) is 4.20. The molecule has 0 radical (unpaired) electrons. The molecule has 186 valence electrons. The molecule has 1 heterocycles. The molecule has 0 aliphatic heterocycles. The maximum absolute atomic E-state index is 13.6. The molecule has 3 atom stereocenters. The van der Waals surface area contributed by atoms with Crippen molar-refractivity contribution >= 4 is 28.5 Å². The number of ether oxygens (including phenoxy) is 1. The van der Waals surface area contributed by atoms with E-state index in [1.807, 2.05) is 28.8 Å². The largest absolute Gasteiger partial charge is 0.375 e. The predicted molar refractivity (Wildman–Crippen MR) is 139 cm³/mol. The van der Waals surface area contributed by atoms with Crippen molar-refractivity contribution in [3.63, 3.8) is 0 Å². The van der Waals surface area contributed by atoms with Crippen LogP contribution in [0.1, 0.15) is 35.2 Å². The second kappa shape index (κ2) is 9.21. The summed E-state index contributed by atoms with van der Waals surface area (Å²) in [6.45, 7) is 1.33. The second-order valence-corrected chi connectivity index (χ2v) is 10.5. The summed E-state index contributed by atoms with van der Waals surface area (Å²) < 4.78 is 6.98. The highest BCUT2D eigenvalue weighted by Gasteiger charge is 2.62. The highest BCUT2D eigenvalue weighted by atomic mass is 16.5. The van der Waals surface area contributed by atoms with Crippen LogP contribution < -0.4 is 10.6 Å². The van der Waals surface area contributed by atoms with E-state index in [9.17, 15) is 9.59 Å². The molecule has 2 amide bonds. The molecule has 36 heavy (non-hydrogen) atoms. The smallest absolute Gasteiger partial charge is 0.253 e. The van der Waals surface area contributed by atoms with Gasteiger partial charge in [0.25, 0.3) is 5.91 Å². The molecule has 7 nitrogen and oxygen atoms in total. The lowest BCUT2D eigenvalue weighted by atomic mass is 9.89. The number of aromatic nitrogens is 2. The van der Waals surface area contributed by atoms with Crippen molar-refractivity contribution in [1.29, 1.82) is 0 Å². The lowest BCUT2D eigenvalue weighted by Gasteiger charge is -2.20. The van der Waals surface area contributed by atoms with Gasteiger partial charge in [-0.15, -0.1) is 0 Å². The number of fused-ring (bicyclic) bond motifs is 1. The van der Waals surface area contributed by atoms with Gasteiger partial charge in [0.2, 0.25) is 5.91 Å². The number of allylic oxidation sites excluding steroid dienone is 2. The number of nitrogens with one attached hydrogen (secondary N) is 2. The maximum Gasteiger partial charge on any atom is 0.253 e. The van der Waals surface area contributed by atoms with Crippen LogP contribution >= 0.6 is 0 Å². The number of anilines is 1. The quantitative estimate of drug-likeness (QED) is 0.446. The van der Waals surface area contributed by atoms with Crippen molar-refractivity contribution in [2.45, 2.75) is 32.2 Å². The summed E-state index contributed by atoms with van der Waals surface area (Å²) >= 11 is 0. The second-order valence-electron chi connectivity index (χ2n) is 10.5. The van der Waals surface area contributed by atoms with E-state index in [2.05, 4.69) is 39.9 Å². The highest BCUT2D eigenvalue weighted by molar-refractivity contribution is 6.07. The fourth-order valence-corrected chi connectivity index (χ4v) is 6.52. The summed E-state index contributed by atoms with van der Waals surface area (Å²) in [6.07, 6.45) is 11.2. The zero-order chi connectivity index (χ0) is 24.7. The Labute approximate surface area is 210 Å². The van der Waals surface area contributed by atoms with Gasteiger partial charge in [-0.05, 0) is 66.5 Å². The summed E-state index contributed by atoms with van der Waals surface area (Å²) in [5.74, 6) is 1.39. The zero-order valence-corrected chi connectivity index (χ0v) is 20.6. The van der Waals surface area contributed by atoms with E-state index in [4.69, 9.17) is 4.74 Å². The Balaban J connectivity index is 1.25. The number of amides is 2. The van der Waals surface area contributed by atoms with Gasteiger partial charge in [-0.3, -0.25) is 9.59 Å². The third kappa shape index (κ3) is 4.11. The normalized spacial score (nSPS) is 22.9. The lowest BCUT2D eigenvalue weighted by molar-refractivity contribution is -0.119. The number of carbonyl (C=O) groups is 2. The Morgan fingerprint density at radius 1 is 1.17 bits per heavy atom. The molecule has 0 saturated heterocycles. The molecule has 6 rings (SSSR count). The lowest BCUT2D eigenvalue weighted by Crippen LogP contribution is -2.32. The summed E-state index contributed by atoms with van der Waals surface area (Å²) in [6, 6.07) is 13.9. The van der Waals surface area contributed by atoms with Crippen LogP contribution in [0.2, 0.25) is 0 Å². The summed E-state index contributed by atoms with van der Waals surface area (Å²) in [7, 11) is 1.48. The summed E-state index contributed by atoms with van der Waals surface area (Å²) in [5, 5.41) is 6.06. The van der Waals surface area contributed by atoms with Crippen LogP contribution in [0, 0.1) is 23.2 Å². The van der Waals surface area contributed by atoms with E-state index in [0.29, 0.717) is 53.0 Å². The first kappa shape index (κ1) is 23.0. The van der Waals surface area contributed by atoms with Crippen LogP contribution in [-0.4, -0.2) is 41.6 Å². The number of nitrogens with zero attached hydrogens (tertiary/aromatic N) is 2. The molecule has 2 bridgehead atoms. The third-order valence-corrected chi connectivity index (χ3v) is 8.37. The van der Waals surface area contributed by atoms with Gasteiger partial charge in [-0.1, -0.05) is 42.5 Å². The molecule has 3 aliphatic rings. The molecule has 2 aromatic carbocycles. The average Bonchev–Trinajstić information content (AvgIpc) is 3.38. The number of hydrogen-bond donors (Lipinski definition) is 2. The fraction of sp³-hybridized carbons (Fsp3) is 0.414. The first-order chi connectivity index (χ1) is 17.6. The third-order valence-electron chi connectivity index (χ3n) is 8.37. The Morgan fingerprint density at radius 2 is 2.00 bits per heavy atom. The SMILES string of the molecule is COCC(=O)Nc1cc(C(=O)NCC2CC3C=CC2C32CC2)c2c(c1)ncn2CCc1ccccc1. The van der Waals surface area contributed by atoms with Crippen LogP contribution in [0.3, 0.4) is 0 Å². The number of benzene rings is 2. The Kier molecular flexibility index (Phi) is 5.88. The van der Waals surface area contributed by atoms with E-state index in [1.54, 1.807) is 12.4 Å². The van der Waals surface area contributed by atoms with E-state index in [-0.39, 0.29) is 18.4 Å². The number of imidazole rings is 1. The topological polar surface area (TPSA) is 85.2 Å². The van der Waals surface area contributed by atoms with Gasteiger partial charge in [0.15, 0.2) is 0 Å². The van der Waals surface area contributed by atoms with E-state index >= 15 is 0 Å². The first-order valence-electron chi connectivity index (χ1n) is 12.9. The first-order valence-corrected chi connectivity index (χ1v) is 12.9. The van der Waals surface area contributed by atoms with Crippen molar-refractivity contribution in [3.05, 3.63) is 72.1 Å². The molecule has 1 aromatic heterocycles. The van der Waals surface area contributed by atoms with Crippen molar-refractivity contribution in [3.8, 4) is 0 Å². The van der Waals surface area contributed by atoms with Gasteiger partial charge in [-0.2, -0.15) is 0 Å².